The molecule has 0 radical (unpaired) electrons. The van der Waals surface area contributed by atoms with Gasteiger partial charge in [0.25, 0.3) is 5.91 Å². The molecule has 1 aliphatic heterocycles. The molecule has 0 bridgehead atoms. The van der Waals surface area contributed by atoms with Crippen molar-refractivity contribution in [1.82, 2.24) is 4.90 Å². The highest BCUT2D eigenvalue weighted by Crippen LogP contribution is 2.52. The smallest absolute Gasteiger partial charge is 0.264 e. The second kappa shape index (κ2) is 6.53. The first-order valence-corrected chi connectivity index (χ1v) is 10.0. The van der Waals surface area contributed by atoms with E-state index in [4.69, 9.17) is 11.6 Å². The molecule has 1 aromatic heterocycles. The Kier molecular flexibility index (Phi) is 4.40. The van der Waals surface area contributed by atoms with Crippen LogP contribution in [-0.4, -0.2) is 22.2 Å². The number of thiophene rings is 1. The predicted octanol–water partition coefficient (Wildman–Crippen LogP) is 5.50. The number of amides is 1. The molecule has 1 aromatic carbocycles. The zero-order valence-corrected chi connectivity index (χ0v) is 15.2. The van der Waals surface area contributed by atoms with E-state index in [2.05, 4.69) is 29.2 Å². The molecule has 2 fully saturated rings. The highest BCUT2D eigenvalue weighted by Gasteiger charge is 2.50. The molecule has 2 heterocycles. The first-order valence-electron chi connectivity index (χ1n) is 8.77. The number of rotatable bonds is 2. The molecular formula is C20H22ClNOS. The fourth-order valence-electron chi connectivity index (χ4n) is 4.47. The highest BCUT2D eigenvalue weighted by molar-refractivity contribution is 7.12. The van der Waals surface area contributed by atoms with E-state index < -0.39 is 0 Å². The molecule has 0 spiro atoms. The number of hydrogen-bond donors (Lipinski definition) is 0. The molecule has 0 unspecified atom stereocenters. The first kappa shape index (κ1) is 16.2. The van der Waals surface area contributed by atoms with Crippen LogP contribution in [0.2, 0.25) is 0 Å². The van der Waals surface area contributed by atoms with Crippen molar-refractivity contribution in [2.24, 2.45) is 5.92 Å². The van der Waals surface area contributed by atoms with Gasteiger partial charge in [-0.2, -0.15) is 0 Å². The summed E-state index contributed by atoms with van der Waals surface area (Å²) < 4.78 is 0. The monoisotopic (exact) mass is 359 g/mol. The van der Waals surface area contributed by atoms with Crippen molar-refractivity contribution in [3.8, 4) is 0 Å². The summed E-state index contributed by atoms with van der Waals surface area (Å²) in [4.78, 5) is 15.9. The van der Waals surface area contributed by atoms with Crippen LogP contribution in [0.1, 0.15) is 53.4 Å². The van der Waals surface area contributed by atoms with Gasteiger partial charge in [0.15, 0.2) is 0 Å². The van der Waals surface area contributed by atoms with Gasteiger partial charge in [0.05, 0.1) is 15.8 Å². The molecule has 126 valence electrons. The van der Waals surface area contributed by atoms with Crippen LogP contribution in [0.25, 0.3) is 0 Å². The second-order valence-corrected chi connectivity index (χ2v) is 8.67. The number of nitrogens with zero attached hydrogens (tertiary/aromatic N) is 1. The number of piperidine rings is 1. The van der Waals surface area contributed by atoms with Crippen molar-refractivity contribution in [2.45, 2.75) is 43.0 Å². The highest BCUT2D eigenvalue weighted by atomic mass is 35.5. The van der Waals surface area contributed by atoms with Crippen molar-refractivity contribution in [2.75, 3.05) is 6.54 Å². The zero-order valence-electron chi connectivity index (χ0n) is 13.7. The Labute approximate surface area is 152 Å². The van der Waals surface area contributed by atoms with E-state index in [-0.39, 0.29) is 16.8 Å². The van der Waals surface area contributed by atoms with E-state index in [9.17, 15) is 4.79 Å². The van der Waals surface area contributed by atoms with Crippen molar-refractivity contribution < 1.29 is 4.79 Å². The van der Waals surface area contributed by atoms with E-state index >= 15 is 0 Å². The maximum absolute atomic E-state index is 13.1. The molecule has 4 rings (SSSR count). The second-order valence-electron chi connectivity index (χ2n) is 6.97. The molecule has 2 aromatic rings. The maximum Gasteiger partial charge on any atom is 0.264 e. The molecule has 3 atom stereocenters. The Bertz CT molecular complexity index is 702. The molecule has 1 saturated heterocycles. The number of alkyl halides is 1. The van der Waals surface area contributed by atoms with Crippen LogP contribution in [0.15, 0.2) is 47.8 Å². The van der Waals surface area contributed by atoms with Crippen LogP contribution in [0.3, 0.4) is 0 Å². The largest absolute Gasteiger partial charge is 0.330 e. The van der Waals surface area contributed by atoms with Crippen molar-refractivity contribution in [1.29, 1.82) is 0 Å². The minimum absolute atomic E-state index is 0.0901. The van der Waals surface area contributed by atoms with Gasteiger partial charge < -0.3 is 4.90 Å². The Hall–Kier alpha value is -1.32. The normalized spacial score (nSPS) is 30.0. The predicted molar refractivity (Wildman–Crippen MR) is 99.7 cm³/mol. The average Bonchev–Trinajstić information content (AvgIpc) is 3.15. The molecule has 1 aliphatic carbocycles. The Morgan fingerprint density at radius 1 is 1.12 bits per heavy atom. The van der Waals surface area contributed by atoms with Gasteiger partial charge >= 0.3 is 0 Å². The van der Waals surface area contributed by atoms with E-state index in [1.807, 2.05) is 23.6 Å². The summed E-state index contributed by atoms with van der Waals surface area (Å²) in [6, 6.07) is 14.4. The molecule has 1 amide bonds. The van der Waals surface area contributed by atoms with Gasteiger partial charge in [-0.25, -0.2) is 0 Å². The van der Waals surface area contributed by atoms with Crippen LogP contribution in [-0.2, 0) is 0 Å². The van der Waals surface area contributed by atoms with Gasteiger partial charge in [-0.15, -0.1) is 22.9 Å². The number of fused-ring (bicyclic) bond motifs is 1. The van der Waals surface area contributed by atoms with E-state index in [1.165, 1.54) is 29.7 Å². The summed E-state index contributed by atoms with van der Waals surface area (Å²) in [7, 11) is 0. The Morgan fingerprint density at radius 3 is 2.71 bits per heavy atom. The lowest BCUT2D eigenvalue weighted by molar-refractivity contribution is 0.0283. The topological polar surface area (TPSA) is 20.3 Å². The van der Waals surface area contributed by atoms with E-state index in [0.717, 1.165) is 30.7 Å². The third-order valence-electron chi connectivity index (χ3n) is 5.64. The van der Waals surface area contributed by atoms with Crippen LogP contribution in [0.4, 0.5) is 0 Å². The summed E-state index contributed by atoms with van der Waals surface area (Å²) in [6.07, 6.45) is 5.50. The number of likely N-dealkylation sites (tertiary alicyclic amines) is 1. The number of carbonyl (C=O) groups excluding carboxylic acids is 1. The minimum atomic E-state index is -0.148. The number of halogens is 1. The minimum Gasteiger partial charge on any atom is -0.330 e. The molecule has 2 aliphatic rings. The fraction of sp³-hybridized carbons (Fsp3) is 0.450. The summed E-state index contributed by atoms with van der Waals surface area (Å²) >= 11 is 8.61. The number of benzene rings is 1. The maximum atomic E-state index is 13.1. The summed E-state index contributed by atoms with van der Waals surface area (Å²) in [5.74, 6) is 0.496. The molecular weight excluding hydrogens is 338 g/mol. The Morgan fingerprint density at radius 2 is 1.96 bits per heavy atom. The van der Waals surface area contributed by atoms with Crippen LogP contribution in [0, 0.1) is 5.92 Å². The van der Waals surface area contributed by atoms with Gasteiger partial charge in [-0.1, -0.05) is 49.2 Å². The fourth-order valence-corrected chi connectivity index (χ4v) is 5.60. The quantitative estimate of drug-likeness (QED) is 0.648. The standard InChI is InChI=1S/C20H22ClNOS/c21-20-11-5-4-9-16(20)18(15-7-2-1-3-8-15)22(13-12-20)19(23)17-10-6-14-24-17/h1-3,6-8,10,14,16,18H,4-5,9,11-13H2/t16-,18-,20+/m0/s1. The molecule has 4 heteroatoms. The third-order valence-corrected chi connectivity index (χ3v) is 7.16. The first-order chi connectivity index (χ1) is 11.7. The summed E-state index contributed by atoms with van der Waals surface area (Å²) in [6.45, 7) is 0.746. The average molecular weight is 360 g/mol. The van der Waals surface area contributed by atoms with Crippen molar-refractivity contribution >= 4 is 28.8 Å². The van der Waals surface area contributed by atoms with Crippen molar-refractivity contribution in [3.63, 3.8) is 0 Å². The van der Waals surface area contributed by atoms with Crippen LogP contribution >= 0.6 is 22.9 Å². The lowest BCUT2D eigenvalue weighted by Gasteiger charge is -2.52. The molecule has 0 N–H and O–H groups in total. The lowest BCUT2D eigenvalue weighted by Crippen LogP contribution is -2.53. The number of carbonyl (C=O) groups is 1. The SMILES string of the molecule is O=C(c1cccs1)N1CC[C@]2(Cl)CCCC[C@H]2[C@@H]1c1ccccc1. The lowest BCUT2D eigenvalue weighted by atomic mass is 9.68. The molecule has 1 saturated carbocycles. The zero-order chi connectivity index (χ0) is 16.6. The molecule has 24 heavy (non-hydrogen) atoms. The van der Waals surface area contributed by atoms with Crippen molar-refractivity contribution in [3.05, 3.63) is 58.3 Å². The van der Waals surface area contributed by atoms with Gasteiger partial charge in [-0.3, -0.25) is 4.79 Å². The summed E-state index contributed by atoms with van der Waals surface area (Å²) in [5.41, 5.74) is 1.22. The van der Waals surface area contributed by atoms with Gasteiger partial charge in [0, 0.05) is 12.5 Å². The Balaban J connectivity index is 1.74. The summed E-state index contributed by atoms with van der Waals surface area (Å²) in [5, 5.41) is 1.97. The number of hydrogen-bond acceptors (Lipinski definition) is 2. The third kappa shape index (κ3) is 2.78. The van der Waals surface area contributed by atoms with Gasteiger partial charge in [0.1, 0.15) is 0 Å². The molecule has 2 nitrogen and oxygen atoms in total. The van der Waals surface area contributed by atoms with Gasteiger partial charge in [-0.05, 0) is 36.3 Å². The van der Waals surface area contributed by atoms with Crippen LogP contribution < -0.4 is 0 Å². The van der Waals surface area contributed by atoms with E-state index in [1.54, 1.807) is 0 Å². The van der Waals surface area contributed by atoms with Crippen LogP contribution in [0.5, 0.6) is 0 Å². The van der Waals surface area contributed by atoms with Gasteiger partial charge in [0.2, 0.25) is 0 Å². The van der Waals surface area contributed by atoms with E-state index in [0.29, 0.717) is 5.92 Å².